The van der Waals surface area contributed by atoms with Crippen molar-refractivity contribution in [1.29, 1.82) is 0 Å². The van der Waals surface area contributed by atoms with E-state index in [1.54, 1.807) is 0 Å². The highest BCUT2D eigenvalue weighted by Gasteiger charge is 1.65. The van der Waals surface area contributed by atoms with E-state index in [2.05, 4.69) is 6.58 Å². The number of aliphatic carboxylic acids is 2. The molecule has 4 nitrogen and oxygen atoms in total. The zero-order valence-corrected chi connectivity index (χ0v) is 5.62. The molecule has 0 saturated carbocycles. The molecule has 10 heavy (non-hydrogen) atoms. The Morgan fingerprint density at radius 3 is 1.70 bits per heavy atom. The largest absolute Gasteiger partial charge is 0.550 e. The Morgan fingerprint density at radius 2 is 1.70 bits per heavy atom. The van der Waals surface area contributed by atoms with Gasteiger partial charge < -0.3 is 19.8 Å². The summed E-state index contributed by atoms with van der Waals surface area (Å²) < 4.78 is 0. The molecule has 0 fully saturated rings. The van der Waals surface area contributed by atoms with E-state index in [0.717, 1.165) is 6.08 Å². The van der Waals surface area contributed by atoms with E-state index < -0.39 is 11.9 Å². The van der Waals surface area contributed by atoms with Crippen LogP contribution in [0.25, 0.3) is 0 Å². The third kappa shape index (κ3) is 30.0. The fourth-order valence-electron chi connectivity index (χ4n) is 0. The van der Waals surface area contributed by atoms with Crippen LogP contribution >= 0.6 is 0 Å². The zero-order chi connectivity index (χ0) is 8.57. The first-order chi connectivity index (χ1) is 4.54. The first kappa shape index (κ1) is 11.5. The van der Waals surface area contributed by atoms with E-state index in [9.17, 15) is 9.90 Å². The Labute approximate surface area is 58.8 Å². The number of carbonyl (C=O) groups excluding carboxylic acids is 2. The van der Waals surface area contributed by atoms with Gasteiger partial charge in [0.05, 0.1) is 5.97 Å². The molecule has 0 unspecified atom stereocenters. The topological polar surface area (TPSA) is 80.3 Å². The highest BCUT2D eigenvalue weighted by atomic mass is 16.4. The Balaban J connectivity index is 0. The molecule has 0 aromatic heterocycles. The molecule has 0 amide bonds. The van der Waals surface area contributed by atoms with Gasteiger partial charge in [0.2, 0.25) is 0 Å². The molecule has 0 aromatic rings. The Bertz CT molecular complexity index is 128. The molecule has 0 spiro atoms. The van der Waals surface area contributed by atoms with Gasteiger partial charge in [-0.25, -0.2) is 0 Å². The molecule has 58 valence electrons. The van der Waals surface area contributed by atoms with Crippen molar-refractivity contribution >= 4 is 11.9 Å². The molecule has 0 saturated heterocycles. The summed E-state index contributed by atoms with van der Waals surface area (Å²) in [7, 11) is 0. The van der Waals surface area contributed by atoms with Crippen molar-refractivity contribution in [2.75, 3.05) is 0 Å². The summed E-state index contributed by atoms with van der Waals surface area (Å²) in [6, 6.07) is 0. The van der Waals surface area contributed by atoms with Crippen LogP contribution in [0.1, 0.15) is 13.3 Å². The van der Waals surface area contributed by atoms with Crippen LogP contribution in [0.2, 0.25) is 0 Å². The smallest absolute Gasteiger partial charge is 0.0636 e. The number of carbonyl (C=O) groups is 2. The van der Waals surface area contributed by atoms with Crippen LogP contribution < -0.4 is 10.2 Å². The maximum Gasteiger partial charge on any atom is 0.0636 e. The van der Waals surface area contributed by atoms with Gasteiger partial charge in [-0.2, -0.15) is 0 Å². The van der Waals surface area contributed by atoms with Crippen LogP contribution in [-0.2, 0) is 9.59 Å². The minimum absolute atomic E-state index is 0.111. The molecule has 0 N–H and O–H groups in total. The van der Waals surface area contributed by atoms with E-state index in [1.807, 2.05) is 0 Å². The third-order valence-corrected chi connectivity index (χ3v) is 0.455. The molecule has 0 aliphatic heterocycles. The Morgan fingerprint density at radius 1 is 1.50 bits per heavy atom. The number of rotatable bonds is 2. The molecule has 0 atom stereocenters. The van der Waals surface area contributed by atoms with Crippen LogP contribution in [0, 0.1) is 0 Å². The highest BCUT2D eigenvalue weighted by molar-refractivity contribution is 5.76. The predicted octanol–water partition coefficient (Wildman–Crippen LogP) is -1.93. The van der Waals surface area contributed by atoms with Crippen molar-refractivity contribution in [3.05, 3.63) is 12.7 Å². The van der Waals surface area contributed by atoms with Crippen LogP contribution in [0.3, 0.4) is 0 Å². The fraction of sp³-hybridized carbons (Fsp3) is 0.333. The molecule has 0 bridgehead atoms. The number of hydrogen-bond acceptors (Lipinski definition) is 4. The first-order valence-electron chi connectivity index (χ1n) is 2.57. The summed E-state index contributed by atoms with van der Waals surface area (Å²) in [4.78, 5) is 18.4. The monoisotopic (exact) mass is 144 g/mol. The second kappa shape index (κ2) is 7.68. The minimum atomic E-state index is -1.23. The second-order valence-corrected chi connectivity index (χ2v) is 1.25. The Kier molecular flexibility index (Phi) is 8.81. The maximum absolute atomic E-state index is 9.26. The van der Waals surface area contributed by atoms with Gasteiger partial charge in [-0.05, 0) is 12.5 Å². The molecule has 0 aromatic carbocycles. The summed E-state index contributed by atoms with van der Waals surface area (Å²) in [5, 5.41) is 18.4. The van der Waals surface area contributed by atoms with Gasteiger partial charge in [0.15, 0.2) is 0 Å². The van der Waals surface area contributed by atoms with Crippen molar-refractivity contribution in [1.82, 2.24) is 0 Å². The molecule has 4 heteroatoms. The van der Waals surface area contributed by atoms with Crippen molar-refractivity contribution < 1.29 is 19.8 Å². The number of carboxylic acid groups (broad SMARTS) is 2. The van der Waals surface area contributed by atoms with Gasteiger partial charge >= 0.3 is 0 Å². The molecular formula is C6H8O4-2. The number of carboxylic acids is 2. The fourth-order valence-corrected chi connectivity index (χ4v) is 0. The molecule has 0 aliphatic rings. The molecule has 0 aliphatic carbocycles. The summed E-state index contributed by atoms with van der Waals surface area (Å²) in [5.41, 5.74) is 0. The minimum Gasteiger partial charge on any atom is -0.550 e. The lowest BCUT2D eigenvalue weighted by Gasteiger charge is -1.87. The van der Waals surface area contributed by atoms with Gasteiger partial charge in [-0.1, -0.05) is 13.5 Å². The van der Waals surface area contributed by atoms with Crippen molar-refractivity contribution in [3.8, 4) is 0 Å². The van der Waals surface area contributed by atoms with E-state index in [1.165, 1.54) is 6.92 Å². The predicted molar refractivity (Wildman–Crippen MR) is 30.5 cm³/mol. The molecule has 0 rings (SSSR count). The summed E-state index contributed by atoms with van der Waals surface area (Å²) in [5.74, 6) is -2.23. The SMILES string of the molecule is C=CC(=O)[O-].CCC(=O)[O-]. The third-order valence-electron chi connectivity index (χ3n) is 0.455. The van der Waals surface area contributed by atoms with Crippen LogP contribution in [0.4, 0.5) is 0 Å². The molecule has 0 heterocycles. The van der Waals surface area contributed by atoms with Crippen molar-refractivity contribution in [2.45, 2.75) is 13.3 Å². The van der Waals surface area contributed by atoms with E-state index >= 15 is 0 Å². The standard InChI is InChI=1S/C3H6O2.C3H4O2/c2*1-2-3(4)5/h2H2,1H3,(H,4,5);2H,1H2,(H,4,5)/p-2. The van der Waals surface area contributed by atoms with Crippen LogP contribution in [0.5, 0.6) is 0 Å². The van der Waals surface area contributed by atoms with Crippen LogP contribution in [0.15, 0.2) is 12.7 Å². The molecule has 0 radical (unpaired) electrons. The molecular weight excluding hydrogens is 136 g/mol. The lowest BCUT2D eigenvalue weighted by molar-refractivity contribution is -0.305. The van der Waals surface area contributed by atoms with Gasteiger partial charge in [-0.15, -0.1) is 0 Å². The Hall–Kier alpha value is -1.32. The van der Waals surface area contributed by atoms with E-state index in [0.29, 0.717) is 0 Å². The summed E-state index contributed by atoms with van der Waals surface area (Å²) >= 11 is 0. The summed E-state index contributed by atoms with van der Waals surface area (Å²) in [6.45, 7) is 4.44. The average molecular weight is 144 g/mol. The van der Waals surface area contributed by atoms with E-state index in [-0.39, 0.29) is 6.42 Å². The van der Waals surface area contributed by atoms with E-state index in [4.69, 9.17) is 9.90 Å². The highest BCUT2D eigenvalue weighted by Crippen LogP contribution is 1.61. The number of hydrogen-bond donors (Lipinski definition) is 0. The lowest BCUT2D eigenvalue weighted by Crippen LogP contribution is -2.19. The quantitative estimate of drug-likeness (QED) is 0.422. The van der Waals surface area contributed by atoms with Crippen molar-refractivity contribution in [3.63, 3.8) is 0 Å². The average Bonchev–Trinajstić information content (AvgIpc) is 1.89. The zero-order valence-electron chi connectivity index (χ0n) is 5.62. The van der Waals surface area contributed by atoms with Gasteiger partial charge in [0.1, 0.15) is 0 Å². The van der Waals surface area contributed by atoms with Gasteiger partial charge in [0.25, 0.3) is 0 Å². The van der Waals surface area contributed by atoms with Crippen molar-refractivity contribution in [2.24, 2.45) is 0 Å². The van der Waals surface area contributed by atoms with Crippen LogP contribution in [-0.4, -0.2) is 11.9 Å². The van der Waals surface area contributed by atoms with Gasteiger partial charge in [-0.3, -0.25) is 0 Å². The first-order valence-corrected chi connectivity index (χ1v) is 2.57. The normalized spacial score (nSPS) is 6.90. The lowest BCUT2D eigenvalue weighted by atomic mass is 10.5. The maximum atomic E-state index is 9.26. The summed E-state index contributed by atoms with van der Waals surface area (Å²) in [6.07, 6.45) is 0.833. The van der Waals surface area contributed by atoms with Gasteiger partial charge in [0, 0.05) is 5.97 Å². The second-order valence-electron chi connectivity index (χ2n) is 1.25.